The molecule has 0 aromatic heterocycles. The highest BCUT2D eigenvalue weighted by atomic mass is 16.5. The molecule has 0 radical (unpaired) electrons. The number of hydrogen-bond acceptors (Lipinski definition) is 3. The van der Waals surface area contributed by atoms with E-state index in [1.54, 1.807) is 24.3 Å². The number of carbonyl (C=O) groups excluding carboxylic acids is 1. The number of carbonyl (C=O) groups is 1. The molecule has 0 amide bonds. The van der Waals surface area contributed by atoms with E-state index < -0.39 is 5.41 Å². The van der Waals surface area contributed by atoms with Crippen LogP contribution in [0.4, 0.5) is 0 Å². The molecule has 0 aliphatic heterocycles. The van der Waals surface area contributed by atoms with Crippen molar-refractivity contribution in [1.29, 1.82) is 0 Å². The highest BCUT2D eigenvalue weighted by Gasteiger charge is 2.27. The van der Waals surface area contributed by atoms with Gasteiger partial charge in [-0.1, -0.05) is 25.1 Å². The Morgan fingerprint density at radius 2 is 2.00 bits per heavy atom. The first-order valence-corrected chi connectivity index (χ1v) is 6.38. The van der Waals surface area contributed by atoms with Crippen LogP contribution in [0.3, 0.4) is 0 Å². The van der Waals surface area contributed by atoms with Gasteiger partial charge in [0.1, 0.15) is 11.5 Å². The molecule has 1 N–H and O–H groups in total. The maximum absolute atomic E-state index is 12.0. The van der Waals surface area contributed by atoms with Gasteiger partial charge < -0.3 is 9.84 Å². The van der Waals surface area contributed by atoms with Crippen LogP contribution in [-0.2, 0) is 4.79 Å². The van der Waals surface area contributed by atoms with E-state index in [1.807, 2.05) is 32.9 Å². The van der Waals surface area contributed by atoms with Crippen molar-refractivity contribution < 1.29 is 14.6 Å². The summed E-state index contributed by atoms with van der Waals surface area (Å²) in [5.74, 6) is 0.385. The summed E-state index contributed by atoms with van der Waals surface area (Å²) in [5.41, 5.74) is -0.506. The van der Waals surface area contributed by atoms with Crippen LogP contribution in [0.1, 0.15) is 27.2 Å². The summed E-state index contributed by atoms with van der Waals surface area (Å²) >= 11 is 0. The molecule has 0 aliphatic rings. The maximum Gasteiger partial charge on any atom is 0.316 e. The zero-order valence-electron chi connectivity index (χ0n) is 11.4. The maximum atomic E-state index is 12.0. The van der Waals surface area contributed by atoms with Crippen LogP contribution in [0.5, 0.6) is 11.5 Å². The summed E-state index contributed by atoms with van der Waals surface area (Å²) in [6.45, 7) is 5.66. The molecule has 0 fully saturated rings. The Bertz CT molecular complexity index is 614. The number of phenols is 1. The first-order chi connectivity index (χ1) is 8.94. The predicted octanol–water partition coefficient (Wildman–Crippen LogP) is 3.89. The van der Waals surface area contributed by atoms with Gasteiger partial charge in [-0.2, -0.15) is 0 Å². The molecular weight excluding hydrogens is 240 g/mol. The molecule has 0 spiro atoms. The number of esters is 1. The minimum atomic E-state index is -0.506. The largest absolute Gasteiger partial charge is 0.507 e. The Morgan fingerprint density at radius 3 is 2.68 bits per heavy atom. The van der Waals surface area contributed by atoms with Gasteiger partial charge in [-0.3, -0.25) is 4.79 Å². The lowest BCUT2D eigenvalue weighted by molar-refractivity contribution is -0.144. The lowest BCUT2D eigenvalue weighted by Crippen LogP contribution is -2.28. The smallest absolute Gasteiger partial charge is 0.316 e. The van der Waals surface area contributed by atoms with Crippen molar-refractivity contribution in [1.82, 2.24) is 0 Å². The van der Waals surface area contributed by atoms with E-state index in [9.17, 15) is 9.90 Å². The van der Waals surface area contributed by atoms with Crippen LogP contribution in [0.25, 0.3) is 10.8 Å². The van der Waals surface area contributed by atoms with E-state index in [0.29, 0.717) is 17.6 Å². The number of aromatic hydroxyl groups is 1. The van der Waals surface area contributed by atoms with E-state index in [-0.39, 0.29) is 11.7 Å². The van der Waals surface area contributed by atoms with Crippen LogP contribution < -0.4 is 4.74 Å². The third kappa shape index (κ3) is 2.70. The van der Waals surface area contributed by atoms with Crippen molar-refractivity contribution in [2.24, 2.45) is 5.41 Å². The Balaban J connectivity index is 2.32. The van der Waals surface area contributed by atoms with E-state index in [1.165, 1.54) is 0 Å². The zero-order chi connectivity index (χ0) is 14.0. The molecule has 2 rings (SSSR count). The Labute approximate surface area is 112 Å². The molecule has 3 heteroatoms. The molecule has 3 nitrogen and oxygen atoms in total. The summed E-state index contributed by atoms with van der Waals surface area (Å²) in [4.78, 5) is 12.0. The molecule has 0 heterocycles. The van der Waals surface area contributed by atoms with Crippen LogP contribution in [0, 0.1) is 5.41 Å². The van der Waals surface area contributed by atoms with Crippen LogP contribution in [0.15, 0.2) is 36.4 Å². The van der Waals surface area contributed by atoms with Crippen LogP contribution in [-0.4, -0.2) is 11.1 Å². The normalized spacial score (nSPS) is 11.5. The van der Waals surface area contributed by atoms with E-state index >= 15 is 0 Å². The van der Waals surface area contributed by atoms with Crippen molar-refractivity contribution in [3.8, 4) is 11.5 Å². The minimum absolute atomic E-state index is 0.185. The quantitative estimate of drug-likeness (QED) is 0.671. The monoisotopic (exact) mass is 258 g/mol. The van der Waals surface area contributed by atoms with Gasteiger partial charge in [-0.05, 0) is 43.9 Å². The summed E-state index contributed by atoms with van der Waals surface area (Å²) in [7, 11) is 0. The fraction of sp³-hybridized carbons (Fsp3) is 0.312. The van der Waals surface area contributed by atoms with Gasteiger partial charge in [0.2, 0.25) is 0 Å². The van der Waals surface area contributed by atoms with Gasteiger partial charge in [0.05, 0.1) is 5.41 Å². The van der Waals surface area contributed by atoms with Crippen LogP contribution in [0.2, 0.25) is 0 Å². The molecule has 0 unspecified atom stereocenters. The van der Waals surface area contributed by atoms with Crippen LogP contribution >= 0.6 is 0 Å². The molecule has 19 heavy (non-hydrogen) atoms. The summed E-state index contributed by atoms with van der Waals surface area (Å²) in [6.07, 6.45) is 0.713. The summed E-state index contributed by atoms with van der Waals surface area (Å²) < 4.78 is 5.38. The highest BCUT2D eigenvalue weighted by molar-refractivity contribution is 5.90. The van der Waals surface area contributed by atoms with Gasteiger partial charge in [0, 0.05) is 5.39 Å². The number of hydrogen-bond donors (Lipinski definition) is 1. The molecular formula is C16H18O3. The first-order valence-electron chi connectivity index (χ1n) is 6.38. The van der Waals surface area contributed by atoms with E-state index in [0.717, 1.165) is 5.39 Å². The predicted molar refractivity (Wildman–Crippen MR) is 75.3 cm³/mol. The lowest BCUT2D eigenvalue weighted by atomic mass is 9.91. The number of ether oxygens (including phenoxy) is 1. The first kappa shape index (κ1) is 13.4. The Morgan fingerprint density at radius 1 is 1.26 bits per heavy atom. The number of rotatable bonds is 3. The molecule has 0 aliphatic carbocycles. The number of benzene rings is 2. The Hall–Kier alpha value is -2.03. The van der Waals surface area contributed by atoms with Gasteiger partial charge in [0.25, 0.3) is 0 Å². The van der Waals surface area contributed by atoms with Crippen molar-refractivity contribution in [2.75, 3.05) is 0 Å². The summed E-state index contributed by atoms with van der Waals surface area (Å²) in [6, 6.07) is 10.6. The van der Waals surface area contributed by atoms with Gasteiger partial charge in [-0.15, -0.1) is 0 Å². The van der Waals surface area contributed by atoms with Gasteiger partial charge in [0.15, 0.2) is 0 Å². The molecule has 2 aromatic rings. The molecule has 0 atom stereocenters. The zero-order valence-corrected chi connectivity index (χ0v) is 11.4. The SMILES string of the molecule is CCC(C)(C)C(=O)Oc1ccc2cccc(O)c2c1. The Kier molecular flexibility index (Phi) is 3.47. The third-order valence-corrected chi connectivity index (χ3v) is 3.48. The van der Waals surface area contributed by atoms with Gasteiger partial charge >= 0.3 is 5.97 Å². The van der Waals surface area contributed by atoms with E-state index in [4.69, 9.17) is 4.74 Å². The standard InChI is InChI=1S/C16H18O3/c1-4-16(2,3)15(18)19-12-9-8-11-6-5-7-14(17)13(11)10-12/h5-10,17H,4H2,1-3H3. The van der Waals surface area contributed by atoms with Crippen molar-refractivity contribution in [2.45, 2.75) is 27.2 Å². The second-order valence-electron chi connectivity index (χ2n) is 5.29. The van der Waals surface area contributed by atoms with Gasteiger partial charge in [-0.25, -0.2) is 0 Å². The summed E-state index contributed by atoms with van der Waals surface area (Å²) in [5, 5.41) is 11.4. The highest BCUT2D eigenvalue weighted by Crippen LogP contribution is 2.30. The third-order valence-electron chi connectivity index (χ3n) is 3.48. The second kappa shape index (κ2) is 4.92. The number of fused-ring (bicyclic) bond motifs is 1. The molecule has 2 aromatic carbocycles. The molecule has 0 saturated heterocycles. The van der Waals surface area contributed by atoms with Crippen molar-refractivity contribution >= 4 is 16.7 Å². The minimum Gasteiger partial charge on any atom is -0.507 e. The lowest BCUT2D eigenvalue weighted by Gasteiger charge is -2.20. The fourth-order valence-corrected chi connectivity index (χ4v) is 1.69. The molecule has 0 saturated carbocycles. The topological polar surface area (TPSA) is 46.5 Å². The average molecular weight is 258 g/mol. The van der Waals surface area contributed by atoms with Crippen molar-refractivity contribution in [3.63, 3.8) is 0 Å². The second-order valence-corrected chi connectivity index (χ2v) is 5.29. The van der Waals surface area contributed by atoms with E-state index in [2.05, 4.69) is 0 Å². The average Bonchev–Trinajstić information content (AvgIpc) is 2.39. The molecule has 100 valence electrons. The fourth-order valence-electron chi connectivity index (χ4n) is 1.69. The molecule has 0 bridgehead atoms. The van der Waals surface area contributed by atoms with Crippen molar-refractivity contribution in [3.05, 3.63) is 36.4 Å². The number of phenolic OH excluding ortho intramolecular Hbond substituents is 1.